The minimum absolute atomic E-state index is 0.124. The van der Waals surface area contributed by atoms with Crippen LogP contribution >= 0.6 is 0 Å². The first-order chi connectivity index (χ1) is 32.0. The van der Waals surface area contributed by atoms with Crippen molar-refractivity contribution >= 4 is 17.9 Å². The van der Waals surface area contributed by atoms with Gasteiger partial charge in [0, 0.05) is 19.3 Å². The number of esters is 3. The van der Waals surface area contributed by atoms with Crippen LogP contribution < -0.4 is 0 Å². The predicted octanol–water partition coefficient (Wildman–Crippen LogP) is 16.9. The molecule has 0 saturated carbocycles. The van der Waals surface area contributed by atoms with Gasteiger partial charge in [-0.3, -0.25) is 14.4 Å². The molecule has 0 aromatic carbocycles. The van der Waals surface area contributed by atoms with Crippen LogP contribution in [0.4, 0.5) is 0 Å². The van der Waals surface area contributed by atoms with Crippen molar-refractivity contribution in [2.75, 3.05) is 13.2 Å². The van der Waals surface area contributed by atoms with Crippen LogP contribution in [-0.4, -0.2) is 37.2 Å². The highest BCUT2D eigenvalue weighted by Gasteiger charge is 2.19. The molecule has 1 atom stereocenters. The molecule has 0 aliphatic rings. The summed E-state index contributed by atoms with van der Waals surface area (Å²) in [7, 11) is 0. The quantitative estimate of drug-likeness (QED) is 0.0199. The third-order valence-electron chi connectivity index (χ3n) is 9.96. The third kappa shape index (κ3) is 50.2. The van der Waals surface area contributed by atoms with Gasteiger partial charge in [0.15, 0.2) is 6.10 Å². The molecule has 65 heavy (non-hydrogen) atoms. The molecule has 0 rings (SSSR count). The second kappa shape index (κ2) is 51.9. The number of hydrogen-bond acceptors (Lipinski definition) is 6. The summed E-state index contributed by atoms with van der Waals surface area (Å²) in [6.45, 7) is 6.14. The van der Waals surface area contributed by atoms with Crippen LogP contribution in [0, 0.1) is 0 Å². The van der Waals surface area contributed by atoms with Crippen molar-refractivity contribution in [2.45, 2.75) is 194 Å². The van der Waals surface area contributed by atoms with Gasteiger partial charge in [-0.15, -0.1) is 0 Å². The molecular weight excluding hydrogens is 805 g/mol. The second-order valence-electron chi connectivity index (χ2n) is 16.1. The fourth-order valence-electron chi connectivity index (χ4n) is 6.23. The van der Waals surface area contributed by atoms with Gasteiger partial charge in [0.05, 0.1) is 0 Å². The first-order valence-corrected chi connectivity index (χ1v) is 25.4. The molecule has 1 unspecified atom stereocenters. The van der Waals surface area contributed by atoms with Gasteiger partial charge < -0.3 is 14.2 Å². The van der Waals surface area contributed by atoms with E-state index < -0.39 is 6.10 Å². The zero-order chi connectivity index (χ0) is 47.2. The summed E-state index contributed by atoms with van der Waals surface area (Å²) >= 11 is 0. The number of carbonyl (C=O) groups excluding carboxylic acids is 3. The highest BCUT2D eigenvalue weighted by atomic mass is 16.6. The summed E-state index contributed by atoms with van der Waals surface area (Å²) in [5, 5.41) is 0. The summed E-state index contributed by atoms with van der Waals surface area (Å²) in [6, 6.07) is 0. The molecule has 0 saturated heterocycles. The standard InChI is InChI=1S/C59H90O6/c1-4-7-10-13-16-19-22-25-27-28-29-30-32-34-37-40-43-46-49-52-58(61)64-55-56(54-63-57(60)51-48-45-42-39-36-33-24-21-18-15-12-9-6-3)65-59(62)53-50-47-44-41-38-35-31-26-23-20-17-14-11-8-5-2/h7-12,14-21,23-25,27,29-30,34,37,43,46,56H,4-6,13,22,26,28,31-33,35-36,38-42,44-45,47-55H2,1-3H3/b10-7+,11-8+,12-9+,17-14+,18-15+,19-16+,23-20+,24-21+,27-25+,30-29+,37-34+,46-43+. The van der Waals surface area contributed by atoms with E-state index in [0.29, 0.717) is 12.8 Å². The molecule has 362 valence electrons. The van der Waals surface area contributed by atoms with E-state index in [1.165, 1.54) is 19.3 Å². The highest BCUT2D eigenvalue weighted by Crippen LogP contribution is 2.13. The zero-order valence-electron chi connectivity index (χ0n) is 41.2. The van der Waals surface area contributed by atoms with E-state index in [1.54, 1.807) is 0 Å². The lowest BCUT2D eigenvalue weighted by Gasteiger charge is -2.18. The van der Waals surface area contributed by atoms with E-state index >= 15 is 0 Å². The van der Waals surface area contributed by atoms with Crippen LogP contribution in [0.2, 0.25) is 0 Å². The Hall–Kier alpha value is -4.71. The monoisotopic (exact) mass is 895 g/mol. The van der Waals surface area contributed by atoms with E-state index in [2.05, 4.69) is 148 Å². The van der Waals surface area contributed by atoms with E-state index in [9.17, 15) is 14.4 Å². The normalized spacial score (nSPS) is 13.3. The minimum Gasteiger partial charge on any atom is -0.462 e. The van der Waals surface area contributed by atoms with Gasteiger partial charge in [-0.25, -0.2) is 0 Å². The zero-order valence-corrected chi connectivity index (χ0v) is 41.2. The van der Waals surface area contributed by atoms with Crippen LogP contribution in [0.5, 0.6) is 0 Å². The van der Waals surface area contributed by atoms with Crippen molar-refractivity contribution in [3.05, 3.63) is 146 Å². The van der Waals surface area contributed by atoms with Gasteiger partial charge in [-0.2, -0.15) is 0 Å². The molecule has 0 N–H and O–H groups in total. The Morgan fingerprint density at radius 2 is 0.662 bits per heavy atom. The SMILES string of the molecule is CC/C=C/C=C/C=C/CCCCCCCCCC(=O)OC(COC(=O)CC/C=C/C/C=C/C/C=C/C/C=C/C/C=C/C/C=C/CC)COC(=O)CCCCCCC/C=C/C=C/C=C/CC. The Morgan fingerprint density at radius 3 is 1.09 bits per heavy atom. The number of unbranched alkanes of at least 4 members (excludes halogenated alkanes) is 12. The largest absolute Gasteiger partial charge is 0.462 e. The van der Waals surface area contributed by atoms with Crippen molar-refractivity contribution < 1.29 is 28.6 Å². The fraction of sp³-hybridized carbons (Fsp3) is 0.542. The van der Waals surface area contributed by atoms with Crippen LogP contribution in [0.15, 0.2) is 146 Å². The summed E-state index contributed by atoms with van der Waals surface area (Å²) in [6.07, 6.45) is 74.1. The predicted molar refractivity (Wildman–Crippen MR) is 279 cm³/mol. The van der Waals surface area contributed by atoms with Gasteiger partial charge in [0.1, 0.15) is 13.2 Å². The molecule has 0 bridgehead atoms. The van der Waals surface area contributed by atoms with Gasteiger partial charge in [-0.1, -0.05) is 218 Å². The van der Waals surface area contributed by atoms with Crippen molar-refractivity contribution in [1.29, 1.82) is 0 Å². The molecule has 0 aliphatic carbocycles. The van der Waals surface area contributed by atoms with Crippen molar-refractivity contribution in [3.8, 4) is 0 Å². The number of hydrogen-bond donors (Lipinski definition) is 0. The number of allylic oxidation sites excluding steroid dienone is 24. The summed E-state index contributed by atoms with van der Waals surface area (Å²) in [5.41, 5.74) is 0. The second-order valence-corrected chi connectivity index (χ2v) is 16.1. The average Bonchev–Trinajstić information content (AvgIpc) is 3.30. The fourth-order valence-corrected chi connectivity index (χ4v) is 6.23. The van der Waals surface area contributed by atoms with Crippen LogP contribution in [0.25, 0.3) is 0 Å². The topological polar surface area (TPSA) is 78.9 Å². The lowest BCUT2D eigenvalue weighted by Crippen LogP contribution is -2.30. The molecule has 6 nitrogen and oxygen atoms in total. The van der Waals surface area contributed by atoms with Crippen molar-refractivity contribution in [2.24, 2.45) is 0 Å². The van der Waals surface area contributed by atoms with Gasteiger partial charge in [0.2, 0.25) is 0 Å². The first-order valence-electron chi connectivity index (χ1n) is 25.4. The number of ether oxygens (including phenoxy) is 3. The summed E-state index contributed by atoms with van der Waals surface area (Å²) in [4.78, 5) is 38.0. The molecule has 6 heteroatoms. The molecule has 0 aromatic rings. The Kier molecular flexibility index (Phi) is 48.2. The van der Waals surface area contributed by atoms with E-state index in [4.69, 9.17) is 14.2 Å². The van der Waals surface area contributed by atoms with Crippen molar-refractivity contribution in [1.82, 2.24) is 0 Å². The lowest BCUT2D eigenvalue weighted by atomic mass is 10.1. The Labute approximate surface area is 397 Å². The first kappa shape index (κ1) is 60.3. The van der Waals surface area contributed by atoms with E-state index in [-0.39, 0.29) is 44.0 Å². The average molecular weight is 895 g/mol. The maximum atomic E-state index is 12.8. The third-order valence-corrected chi connectivity index (χ3v) is 9.96. The molecule has 0 radical (unpaired) electrons. The van der Waals surface area contributed by atoms with Crippen LogP contribution in [0.3, 0.4) is 0 Å². The molecule has 0 spiro atoms. The van der Waals surface area contributed by atoms with Crippen molar-refractivity contribution in [3.63, 3.8) is 0 Å². The van der Waals surface area contributed by atoms with E-state index in [0.717, 1.165) is 122 Å². The van der Waals surface area contributed by atoms with Crippen LogP contribution in [-0.2, 0) is 28.6 Å². The Balaban J connectivity index is 4.57. The molecule has 0 heterocycles. The van der Waals surface area contributed by atoms with Crippen LogP contribution in [0.1, 0.15) is 188 Å². The number of rotatable bonds is 43. The Morgan fingerprint density at radius 1 is 0.323 bits per heavy atom. The molecule has 0 aromatic heterocycles. The molecule has 0 fully saturated rings. The van der Waals surface area contributed by atoms with Gasteiger partial charge in [0.25, 0.3) is 0 Å². The maximum Gasteiger partial charge on any atom is 0.306 e. The Bertz CT molecular complexity index is 1490. The maximum absolute atomic E-state index is 12.8. The molecule has 0 amide bonds. The number of carbonyl (C=O) groups is 3. The highest BCUT2D eigenvalue weighted by molar-refractivity contribution is 5.71. The van der Waals surface area contributed by atoms with E-state index in [1.807, 2.05) is 18.2 Å². The lowest BCUT2D eigenvalue weighted by molar-refractivity contribution is -0.166. The summed E-state index contributed by atoms with van der Waals surface area (Å²) < 4.78 is 16.7. The molecular formula is C59H90O6. The minimum atomic E-state index is -0.829. The smallest absolute Gasteiger partial charge is 0.306 e. The summed E-state index contributed by atoms with van der Waals surface area (Å²) in [5.74, 6) is -1.06. The van der Waals surface area contributed by atoms with Gasteiger partial charge >= 0.3 is 17.9 Å². The molecule has 0 aliphatic heterocycles. The van der Waals surface area contributed by atoms with Gasteiger partial charge in [-0.05, 0) is 96.3 Å².